The molecule has 1 aromatic carbocycles. The molecule has 0 radical (unpaired) electrons. The van der Waals surface area contributed by atoms with E-state index in [2.05, 4.69) is 10.1 Å². The molecule has 1 aromatic heterocycles. The van der Waals surface area contributed by atoms with Crippen LogP contribution in [-0.2, 0) is 23.4 Å². The lowest BCUT2D eigenvalue weighted by atomic mass is 10.1. The molecular formula is C23H30N3O8P. The molecule has 0 saturated carbocycles. The fraction of sp³-hybridized carbons (Fsp3) is 0.435. The van der Waals surface area contributed by atoms with Crippen LogP contribution in [0.2, 0.25) is 0 Å². The van der Waals surface area contributed by atoms with Gasteiger partial charge in [0.1, 0.15) is 17.9 Å². The largest absolute Gasteiger partial charge is 0.468 e. The molecule has 3 rings (SSSR count). The molecule has 0 fully saturated rings. The number of para-hydroxylation sites is 1. The molecule has 2 N–H and O–H groups in total. The van der Waals surface area contributed by atoms with Crippen LogP contribution in [0.4, 0.5) is 0 Å². The molecule has 2 unspecified atom stereocenters. The number of carbonyl (C=O) groups is 1. The number of ether oxygens (including phenoxy) is 2. The summed E-state index contributed by atoms with van der Waals surface area (Å²) >= 11 is 0. The summed E-state index contributed by atoms with van der Waals surface area (Å²) in [5.74, 6) is -0.290. The summed E-state index contributed by atoms with van der Waals surface area (Å²) in [4.78, 5) is 38.3. The van der Waals surface area contributed by atoms with Crippen molar-refractivity contribution >= 4 is 13.7 Å². The number of H-pyrrole nitrogens is 1. The lowest BCUT2D eigenvalue weighted by Crippen LogP contribution is -2.37. The summed E-state index contributed by atoms with van der Waals surface area (Å²) in [6.07, 6.45) is 5.14. The zero-order chi connectivity index (χ0) is 25.4. The molecule has 0 spiro atoms. The maximum atomic E-state index is 13.7. The van der Waals surface area contributed by atoms with Crippen molar-refractivity contribution in [3.63, 3.8) is 0 Å². The van der Waals surface area contributed by atoms with Gasteiger partial charge in [-0.25, -0.2) is 9.36 Å². The van der Waals surface area contributed by atoms with Gasteiger partial charge < -0.3 is 14.0 Å². The molecule has 190 valence electrons. The number of aromatic amines is 1. The Hall–Kier alpha value is -2.98. The Morgan fingerprint density at radius 2 is 2.00 bits per heavy atom. The van der Waals surface area contributed by atoms with E-state index in [1.807, 2.05) is 6.92 Å². The molecule has 35 heavy (non-hydrogen) atoms. The standard InChI is InChI=1S/C23H30N3O8P/c1-4-5-11-19(22(28)31-3)25-35(30,34-17-9-7-6-8-10-17)32-15-18-12-13-20(33-18)26-14-16(2)21(27)24-23(26)29/h6-10,12-14,18-20H,4-5,11,15H2,1-3H3,(H,25,30)(H,24,27,29)/t18-,19?,20+,35?/m0/s1. The second-order valence-electron chi connectivity index (χ2n) is 7.97. The van der Waals surface area contributed by atoms with Crippen molar-refractivity contribution in [3.05, 3.63) is 75.1 Å². The minimum atomic E-state index is -4.05. The van der Waals surface area contributed by atoms with Crippen LogP contribution in [0, 0.1) is 6.92 Å². The first-order valence-electron chi connectivity index (χ1n) is 11.3. The number of esters is 1. The highest BCUT2D eigenvalue weighted by Crippen LogP contribution is 2.45. The average molecular weight is 507 g/mol. The number of carbonyl (C=O) groups excluding carboxylic acids is 1. The number of aryl methyl sites for hydroxylation is 1. The molecule has 0 aliphatic carbocycles. The molecular weight excluding hydrogens is 477 g/mol. The van der Waals surface area contributed by atoms with Gasteiger partial charge in [0, 0.05) is 11.8 Å². The van der Waals surface area contributed by atoms with E-state index in [1.54, 1.807) is 49.4 Å². The summed E-state index contributed by atoms with van der Waals surface area (Å²) in [6.45, 7) is 3.36. The normalized spacial score (nSPS) is 19.7. The van der Waals surface area contributed by atoms with Gasteiger partial charge in [0.15, 0.2) is 6.23 Å². The highest BCUT2D eigenvalue weighted by molar-refractivity contribution is 7.52. The predicted octanol–water partition coefficient (Wildman–Crippen LogP) is 2.82. The van der Waals surface area contributed by atoms with Crippen LogP contribution in [0.1, 0.15) is 38.0 Å². The maximum Gasteiger partial charge on any atom is 0.459 e. The SMILES string of the molecule is CCCCC(NP(=O)(OC[C@@H]1C=C[C@H](n2cc(C)c(=O)[nH]c2=O)O1)Oc1ccccc1)C(=O)OC. The Morgan fingerprint density at radius 3 is 2.69 bits per heavy atom. The van der Waals surface area contributed by atoms with Crippen LogP contribution in [0.25, 0.3) is 0 Å². The zero-order valence-corrected chi connectivity index (χ0v) is 20.7. The number of hydrogen-bond donors (Lipinski definition) is 2. The van der Waals surface area contributed by atoms with Crippen molar-refractivity contribution in [1.82, 2.24) is 14.6 Å². The van der Waals surface area contributed by atoms with Crippen LogP contribution in [0.5, 0.6) is 5.75 Å². The highest BCUT2D eigenvalue weighted by Gasteiger charge is 2.35. The first-order valence-corrected chi connectivity index (χ1v) is 12.8. The summed E-state index contributed by atoms with van der Waals surface area (Å²) in [6, 6.07) is 7.54. The second kappa shape index (κ2) is 12.1. The topological polar surface area (TPSA) is 138 Å². The molecule has 2 heterocycles. The van der Waals surface area contributed by atoms with Crippen molar-refractivity contribution in [2.45, 2.75) is 51.5 Å². The molecule has 11 nitrogen and oxygen atoms in total. The van der Waals surface area contributed by atoms with Gasteiger partial charge >= 0.3 is 19.4 Å². The quantitative estimate of drug-likeness (QED) is 0.252. The lowest BCUT2D eigenvalue weighted by molar-refractivity contribution is -0.143. The Balaban J connectivity index is 1.73. The summed E-state index contributed by atoms with van der Waals surface area (Å²) in [5, 5.41) is 2.72. The van der Waals surface area contributed by atoms with Gasteiger partial charge in [-0.2, -0.15) is 5.09 Å². The van der Waals surface area contributed by atoms with Crippen molar-refractivity contribution in [1.29, 1.82) is 0 Å². The molecule has 0 bridgehead atoms. The number of unbranched alkanes of at least 4 members (excludes halogenated alkanes) is 1. The van der Waals surface area contributed by atoms with Crippen LogP contribution in [-0.4, -0.2) is 41.4 Å². The second-order valence-corrected chi connectivity index (χ2v) is 9.67. The van der Waals surface area contributed by atoms with E-state index in [1.165, 1.54) is 17.9 Å². The third-order valence-corrected chi connectivity index (χ3v) is 6.82. The van der Waals surface area contributed by atoms with Gasteiger partial charge in [-0.3, -0.25) is 23.7 Å². The van der Waals surface area contributed by atoms with E-state index < -0.39 is 43.3 Å². The van der Waals surface area contributed by atoms with Crippen molar-refractivity contribution in [2.24, 2.45) is 0 Å². The number of methoxy groups -OCH3 is 1. The molecule has 1 aliphatic heterocycles. The fourth-order valence-corrected chi connectivity index (χ4v) is 4.91. The molecule has 0 amide bonds. The number of hydrogen-bond acceptors (Lipinski definition) is 8. The Morgan fingerprint density at radius 1 is 1.26 bits per heavy atom. The van der Waals surface area contributed by atoms with Crippen molar-refractivity contribution in [3.8, 4) is 5.75 Å². The number of rotatable bonds is 12. The monoisotopic (exact) mass is 507 g/mol. The van der Waals surface area contributed by atoms with Crippen LogP contribution in [0.15, 0.2) is 58.3 Å². The first-order chi connectivity index (χ1) is 16.7. The van der Waals surface area contributed by atoms with Crippen molar-refractivity contribution in [2.75, 3.05) is 13.7 Å². The number of nitrogens with one attached hydrogen (secondary N) is 2. The first kappa shape index (κ1) is 26.6. The fourth-order valence-electron chi connectivity index (χ4n) is 3.38. The lowest BCUT2D eigenvalue weighted by Gasteiger charge is -2.25. The van der Waals surface area contributed by atoms with Gasteiger partial charge in [0.2, 0.25) is 0 Å². The maximum absolute atomic E-state index is 13.7. The molecule has 12 heteroatoms. The van der Waals surface area contributed by atoms with Gasteiger partial charge in [0.25, 0.3) is 5.56 Å². The number of aromatic nitrogens is 2. The van der Waals surface area contributed by atoms with E-state index in [-0.39, 0.29) is 6.61 Å². The molecule has 2 aromatic rings. The molecule has 4 atom stereocenters. The van der Waals surface area contributed by atoms with Gasteiger partial charge in [-0.1, -0.05) is 44.0 Å². The Labute approximate surface area is 202 Å². The third-order valence-electron chi connectivity index (χ3n) is 5.25. The summed E-state index contributed by atoms with van der Waals surface area (Å²) in [7, 11) is -2.80. The molecule has 1 aliphatic rings. The summed E-state index contributed by atoms with van der Waals surface area (Å²) < 4.78 is 36.9. The number of nitrogens with zero attached hydrogens (tertiary/aromatic N) is 1. The van der Waals surface area contributed by atoms with Gasteiger partial charge in [-0.15, -0.1) is 0 Å². The predicted molar refractivity (Wildman–Crippen MR) is 128 cm³/mol. The van der Waals surface area contributed by atoms with E-state index in [9.17, 15) is 18.9 Å². The van der Waals surface area contributed by atoms with E-state index in [4.69, 9.17) is 18.5 Å². The van der Waals surface area contributed by atoms with Gasteiger partial charge in [0.05, 0.1) is 13.7 Å². The van der Waals surface area contributed by atoms with Crippen molar-refractivity contribution < 1.29 is 27.9 Å². The minimum absolute atomic E-state index is 0.192. The summed E-state index contributed by atoms with van der Waals surface area (Å²) in [5.41, 5.74) is -0.734. The smallest absolute Gasteiger partial charge is 0.459 e. The van der Waals surface area contributed by atoms with E-state index in [0.717, 1.165) is 6.42 Å². The average Bonchev–Trinajstić information content (AvgIpc) is 3.32. The van der Waals surface area contributed by atoms with E-state index >= 15 is 0 Å². The van der Waals surface area contributed by atoms with Crippen LogP contribution in [0.3, 0.4) is 0 Å². The Bertz CT molecular complexity index is 1190. The third kappa shape index (κ3) is 7.25. The zero-order valence-electron chi connectivity index (χ0n) is 19.8. The molecule has 0 saturated heterocycles. The Kier molecular flexibility index (Phi) is 9.22. The van der Waals surface area contributed by atoms with E-state index in [0.29, 0.717) is 24.2 Å². The van der Waals surface area contributed by atoms with Crippen LogP contribution >= 0.6 is 7.75 Å². The van der Waals surface area contributed by atoms with Crippen LogP contribution < -0.4 is 20.9 Å². The number of benzene rings is 1. The van der Waals surface area contributed by atoms with Gasteiger partial charge in [-0.05, 0) is 31.6 Å². The highest BCUT2D eigenvalue weighted by atomic mass is 31.2. The minimum Gasteiger partial charge on any atom is -0.468 e.